The molecule has 3 aliphatic rings. The van der Waals surface area contributed by atoms with Gasteiger partial charge in [0.15, 0.2) is 11.6 Å². The second-order valence-corrected chi connectivity index (χ2v) is 13.2. The van der Waals surface area contributed by atoms with Crippen LogP contribution in [0.15, 0.2) is 45.2 Å². The van der Waals surface area contributed by atoms with Crippen molar-refractivity contribution in [2.24, 2.45) is 10.8 Å². The third-order valence-corrected chi connectivity index (χ3v) is 8.02. The molecule has 2 aliphatic carbocycles. The predicted octanol–water partition coefficient (Wildman–Crippen LogP) is 6.96. The van der Waals surface area contributed by atoms with Gasteiger partial charge in [-0.3, -0.25) is 9.59 Å². The minimum Gasteiger partial charge on any atom is -0.490 e. The van der Waals surface area contributed by atoms with Crippen molar-refractivity contribution in [2.45, 2.75) is 85.7 Å². The summed E-state index contributed by atoms with van der Waals surface area (Å²) in [6, 6.07) is 6.03. The van der Waals surface area contributed by atoms with Gasteiger partial charge in [-0.05, 0) is 77.6 Å². The lowest BCUT2D eigenvalue weighted by molar-refractivity contribution is -0.119. The Balaban J connectivity index is 1.92. The fourth-order valence-electron chi connectivity index (χ4n) is 6.06. The van der Waals surface area contributed by atoms with Crippen LogP contribution in [0.5, 0.6) is 5.75 Å². The standard InChI is InChI=1S/C30H40BrNO4/c1-18(2)36-25-10-9-19(13-20(25)31)26-27-21(14-29(3,4)16-23(27)33)32(11-8-12-35-7)22-15-30(5,6)17-24(34)28(22)26/h9-10,13,18,26H,8,11-12,14-17H2,1-7H3. The van der Waals surface area contributed by atoms with Gasteiger partial charge in [0.2, 0.25) is 0 Å². The van der Waals surface area contributed by atoms with Crippen LogP contribution in [0.2, 0.25) is 0 Å². The summed E-state index contributed by atoms with van der Waals surface area (Å²) < 4.78 is 12.1. The van der Waals surface area contributed by atoms with E-state index >= 15 is 0 Å². The van der Waals surface area contributed by atoms with E-state index in [0.717, 1.165) is 64.1 Å². The molecular formula is C30H40BrNO4. The molecule has 0 saturated carbocycles. The predicted molar refractivity (Wildman–Crippen MR) is 146 cm³/mol. The third-order valence-electron chi connectivity index (χ3n) is 7.40. The summed E-state index contributed by atoms with van der Waals surface area (Å²) in [5, 5.41) is 0. The number of allylic oxidation sites excluding steroid dienone is 4. The monoisotopic (exact) mass is 557 g/mol. The van der Waals surface area contributed by atoms with E-state index in [1.165, 1.54) is 0 Å². The minimum atomic E-state index is -0.342. The van der Waals surface area contributed by atoms with E-state index in [1.54, 1.807) is 7.11 Å². The van der Waals surface area contributed by atoms with Crippen molar-refractivity contribution in [1.29, 1.82) is 0 Å². The Bertz CT molecular complexity index is 1070. The van der Waals surface area contributed by atoms with Crippen molar-refractivity contribution in [3.63, 3.8) is 0 Å². The number of benzene rings is 1. The van der Waals surface area contributed by atoms with Gasteiger partial charge in [-0.1, -0.05) is 33.8 Å². The molecule has 0 saturated heterocycles. The quantitative estimate of drug-likeness (QED) is 0.339. The number of hydrogen-bond acceptors (Lipinski definition) is 5. The first-order valence-electron chi connectivity index (χ1n) is 13.1. The van der Waals surface area contributed by atoms with Gasteiger partial charge < -0.3 is 14.4 Å². The number of carbonyl (C=O) groups is 2. The van der Waals surface area contributed by atoms with Crippen LogP contribution in [0.4, 0.5) is 0 Å². The lowest BCUT2D eigenvalue weighted by Gasteiger charge is -2.49. The highest BCUT2D eigenvalue weighted by Crippen LogP contribution is 2.54. The third kappa shape index (κ3) is 5.35. The van der Waals surface area contributed by atoms with Gasteiger partial charge in [0.25, 0.3) is 0 Å². The molecule has 0 amide bonds. The summed E-state index contributed by atoms with van der Waals surface area (Å²) in [6.45, 7) is 14.1. The first-order valence-corrected chi connectivity index (χ1v) is 13.9. The Morgan fingerprint density at radius 2 is 1.53 bits per heavy atom. The molecule has 0 fully saturated rings. The lowest BCUT2D eigenvalue weighted by atomic mass is 9.63. The number of ether oxygens (including phenoxy) is 2. The zero-order valence-corrected chi connectivity index (χ0v) is 24.4. The summed E-state index contributed by atoms with van der Waals surface area (Å²) in [5.74, 6) is 0.739. The molecule has 0 N–H and O–H groups in total. The molecule has 6 heteroatoms. The largest absolute Gasteiger partial charge is 0.490 e. The maximum absolute atomic E-state index is 13.8. The Morgan fingerprint density at radius 1 is 0.972 bits per heavy atom. The second kappa shape index (κ2) is 10.1. The number of halogens is 1. The molecule has 0 spiro atoms. The molecule has 0 radical (unpaired) electrons. The van der Waals surface area contributed by atoms with Crippen LogP contribution in [0.1, 0.15) is 85.1 Å². The Kier molecular flexibility index (Phi) is 7.60. The molecule has 1 heterocycles. The van der Waals surface area contributed by atoms with Crippen LogP contribution < -0.4 is 4.74 Å². The topological polar surface area (TPSA) is 55.8 Å². The van der Waals surface area contributed by atoms with Gasteiger partial charge in [0.05, 0.1) is 10.6 Å². The molecule has 0 aromatic heterocycles. The SMILES string of the molecule is COCCCN1C2=C(C(=O)CC(C)(C)C2)C(c2ccc(OC(C)C)c(Br)c2)C2=C1CC(C)(C)CC2=O. The normalized spacial score (nSPS) is 21.8. The van der Waals surface area contributed by atoms with Gasteiger partial charge in [-0.2, -0.15) is 0 Å². The van der Waals surface area contributed by atoms with E-state index in [2.05, 4.69) is 48.5 Å². The molecule has 0 atom stereocenters. The Labute approximate surface area is 224 Å². The van der Waals surface area contributed by atoms with Crippen molar-refractivity contribution in [3.05, 3.63) is 50.8 Å². The van der Waals surface area contributed by atoms with Gasteiger partial charge >= 0.3 is 0 Å². The number of rotatable bonds is 7. The van der Waals surface area contributed by atoms with E-state index in [4.69, 9.17) is 9.47 Å². The fourth-order valence-corrected chi connectivity index (χ4v) is 6.55. The lowest BCUT2D eigenvalue weighted by Crippen LogP contribution is -2.44. The summed E-state index contributed by atoms with van der Waals surface area (Å²) in [7, 11) is 1.71. The van der Waals surface area contributed by atoms with Crippen LogP contribution in [-0.4, -0.2) is 42.8 Å². The van der Waals surface area contributed by atoms with Crippen molar-refractivity contribution in [3.8, 4) is 5.75 Å². The average Bonchev–Trinajstić information content (AvgIpc) is 2.73. The van der Waals surface area contributed by atoms with Crippen molar-refractivity contribution < 1.29 is 19.1 Å². The summed E-state index contributed by atoms with van der Waals surface area (Å²) in [6.07, 6.45) is 3.51. The van der Waals surface area contributed by atoms with Crippen molar-refractivity contribution in [2.75, 3.05) is 20.3 Å². The Hall–Kier alpha value is -1.92. The number of methoxy groups -OCH3 is 1. The van der Waals surface area contributed by atoms with E-state index in [9.17, 15) is 9.59 Å². The molecule has 36 heavy (non-hydrogen) atoms. The zero-order chi connectivity index (χ0) is 26.4. The van der Waals surface area contributed by atoms with Gasteiger partial charge in [0.1, 0.15) is 5.75 Å². The van der Waals surface area contributed by atoms with Gasteiger partial charge in [-0.15, -0.1) is 0 Å². The highest BCUT2D eigenvalue weighted by molar-refractivity contribution is 9.10. The smallest absolute Gasteiger partial charge is 0.162 e. The van der Waals surface area contributed by atoms with Crippen LogP contribution in [0.3, 0.4) is 0 Å². The molecular weight excluding hydrogens is 518 g/mol. The van der Waals surface area contributed by atoms with E-state index in [-0.39, 0.29) is 34.4 Å². The second-order valence-electron chi connectivity index (χ2n) is 12.4. The van der Waals surface area contributed by atoms with Crippen LogP contribution >= 0.6 is 15.9 Å². The molecule has 1 aromatic rings. The number of nitrogens with zero attached hydrogens (tertiary/aromatic N) is 1. The number of Topliss-reactive ketones (excluding diaryl/α,β-unsaturated/α-hetero) is 2. The number of carbonyl (C=O) groups excluding carboxylic acids is 2. The zero-order valence-electron chi connectivity index (χ0n) is 22.8. The molecule has 0 unspecified atom stereocenters. The first kappa shape index (κ1) is 27.1. The van der Waals surface area contributed by atoms with Gasteiger partial charge in [-0.25, -0.2) is 0 Å². The molecule has 0 bridgehead atoms. The number of ketones is 2. The molecule has 4 rings (SSSR count). The first-order chi connectivity index (χ1) is 16.8. The average molecular weight is 559 g/mol. The van der Waals surface area contributed by atoms with Crippen LogP contribution in [0.25, 0.3) is 0 Å². The fraction of sp³-hybridized carbons (Fsp3) is 0.600. The highest BCUT2D eigenvalue weighted by Gasteiger charge is 2.48. The number of hydrogen-bond donors (Lipinski definition) is 0. The van der Waals surface area contributed by atoms with Gasteiger partial charge in [0, 0.05) is 61.6 Å². The van der Waals surface area contributed by atoms with E-state index in [1.807, 2.05) is 32.0 Å². The molecule has 196 valence electrons. The summed E-state index contributed by atoms with van der Waals surface area (Å²) >= 11 is 3.69. The summed E-state index contributed by atoms with van der Waals surface area (Å²) in [5.41, 5.74) is 4.53. The van der Waals surface area contributed by atoms with E-state index < -0.39 is 0 Å². The van der Waals surface area contributed by atoms with Crippen molar-refractivity contribution in [1.82, 2.24) is 4.90 Å². The van der Waals surface area contributed by atoms with Crippen LogP contribution in [-0.2, 0) is 14.3 Å². The minimum absolute atomic E-state index is 0.0513. The molecule has 1 aromatic carbocycles. The highest BCUT2D eigenvalue weighted by atomic mass is 79.9. The van der Waals surface area contributed by atoms with Crippen molar-refractivity contribution >= 4 is 27.5 Å². The molecule has 1 aliphatic heterocycles. The maximum Gasteiger partial charge on any atom is 0.162 e. The van der Waals surface area contributed by atoms with E-state index in [0.29, 0.717) is 19.4 Å². The van der Waals surface area contributed by atoms with Crippen LogP contribution in [0, 0.1) is 10.8 Å². The summed E-state index contributed by atoms with van der Waals surface area (Å²) in [4.78, 5) is 30.0. The Morgan fingerprint density at radius 3 is 2.00 bits per heavy atom. The maximum atomic E-state index is 13.8. The molecule has 5 nitrogen and oxygen atoms in total.